The molecule has 12 nitrogen and oxygen atoms in total. The van der Waals surface area contributed by atoms with E-state index < -0.39 is 48.3 Å². The molecule has 3 aromatic carbocycles. The third kappa shape index (κ3) is 3.99. The van der Waals surface area contributed by atoms with E-state index in [1.807, 2.05) is 0 Å². The molecule has 0 saturated heterocycles. The van der Waals surface area contributed by atoms with Crippen molar-refractivity contribution in [3.63, 3.8) is 0 Å². The molecule has 0 radical (unpaired) electrons. The van der Waals surface area contributed by atoms with E-state index in [0.29, 0.717) is 5.56 Å². The predicted octanol–water partition coefficient (Wildman–Crippen LogP) is 2.08. The first kappa shape index (κ1) is 25.1. The second-order valence-electron chi connectivity index (χ2n) is 8.70. The Morgan fingerprint density at radius 1 is 0.789 bits per heavy atom. The number of Topliss-reactive ketones (excluding diaryl/α,β-unsaturated/α-hetero) is 1. The van der Waals surface area contributed by atoms with Crippen LogP contribution in [0.15, 0.2) is 36.4 Å². The van der Waals surface area contributed by atoms with Crippen molar-refractivity contribution in [2.45, 2.75) is 24.4 Å². The number of aromatic hydroxyl groups is 4. The van der Waals surface area contributed by atoms with Crippen LogP contribution in [0.25, 0.3) is 0 Å². The van der Waals surface area contributed by atoms with Crippen LogP contribution < -0.4 is 23.7 Å². The molecule has 4 unspecified atom stereocenters. The number of benzene rings is 3. The van der Waals surface area contributed by atoms with Crippen LogP contribution in [-0.2, 0) is 0 Å². The van der Waals surface area contributed by atoms with Crippen molar-refractivity contribution < 1.29 is 59.1 Å². The summed E-state index contributed by atoms with van der Waals surface area (Å²) in [5.74, 6) is -2.43. The third-order valence-corrected chi connectivity index (χ3v) is 6.38. The fourth-order valence-corrected chi connectivity index (χ4v) is 4.56. The van der Waals surface area contributed by atoms with Gasteiger partial charge in [-0.25, -0.2) is 0 Å². The largest absolute Gasteiger partial charge is 0.508 e. The molecule has 0 aliphatic carbocycles. The summed E-state index contributed by atoms with van der Waals surface area (Å²) in [6, 6.07) is 7.62. The zero-order valence-electron chi connectivity index (χ0n) is 20.1. The van der Waals surface area contributed by atoms with Crippen molar-refractivity contribution in [1.82, 2.24) is 0 Å². The topological polar surface area (TPSA) is 185 Å². The van der Waals surface area contributed by atoms with Crippen LogP contribution in [0.5, 0.6) is 51.7 Å². The summed E-state index contributed by atoms with van der Waals surface area (Å²) in [6.07, 6.45) is -5.02. The number of phenolic OH excluding ortho intramolecular Hbond substituents is 4. The van der Waals surface area contributed by atoms with Gasteiger partial charge < -0.3 is 54.3 Å². The summed E-state index contributed by atoms with van der Waals surface area (Å²) in [5.41, 5.74) is 0.260. The highest BCUT2D eigenvalue weighted by atomic mass is 16.6. The Kier molecular flexibility index (Phi) is 6.21. The van der Waals surface area contributed by atoms with E-state index in [0.717, 1.165) is 12.1 Å². The minimum absolute atomic E-state index is 0.000750. The molecule has 0 fully saturated rings. The number of carbonyl (C=O) groups excluding carboxylic acids is 1. The summed E-state index contributed by atoms with van der Waals surface area (Å²) >= 11 is 0. The van der Waals surface area contributed by atoms with E-state index in [-0.39, 0.29) is 51.4 Å². The number of phenols is 4. The number of rotatable bonds is 5. The third-order valence-electron chi connectivity index (χ3n) is 6.38. The smallest absolute Gasteiger partial charge is 0.204 e. The average Bonchev–Trinajstić information content (AvgIpc) is 2.89. The zero-order valence-corrected chi connectivity index (χ0v) is 20.1. The van der Waals surface area contributed by atoms with Gasteiger partial charge in [0.15, 0.2) is 47.4 Å². The van der Waals surface area contributed by atoms with Gasteiger partial charge in [0.05, 0.1) is 20.8 Å². The molecule has 0 spiro atoms. The molecule has 200 valence electrons. The first-order valence-corrected chi connectivity index (χ1v) is 11.4. The van der Waals surface area contributed by atoms with Crippen LogP contribution in [-0.4, -0.2) is 69.5 Å². The van der Waals surface area contributed by atoms with Gasteiger partial charge in [-0.3, -0.25) is 4.79 Å². The highest BCUT2D eigenvalue weighted by Gasteiger charge is 2.41. The summed E-state index contributed by atoms with van der Waals surface area (Å²) in [5, 5.41) is 61.6. The van der Waals surface area contributed by atoms with Crippen LogP contribution in [0.4, 0.5) is 0 Å². The molecule has 6 N–H and O–H groups in total. The van der Waals surface area contributed by atoms with Crippen molar-refractivity contribution in [3.8, 4) is 51.7 Å². The summed E-state index contributed by atoms with van der Waals surface area (Å²) in [6.45, 7) is -0.506. The molecule has 38 heavy (non-hydrogen) atoms. The summed E-state index contributed by atoms with van der Waals surface area (Å²) in [7, 11) is 2.71. The Morgan fingerprint density at radius 2 is 1.45 bits per heavy atom. The minimum atomic E-state index is -1.75. The lowest BCUT2D eigenvalue weighted by molar-refractivity contribution is -0.0148. The molecule has 3 aromatic rings. The lowest BCUT2D eigenvalue weighted by Crippen LogP contribution is -2.37. The van der Waals surface area contributed by atoms with E-state index in [4.69, 9.17) is 23.7 Å². The van der Waals surface area contributed by atoms with Gasteiger partial charge in [0.25, 0.3) is 0 Å². The van der Waals surface area contributed by atoms with Crippen LogP contribution >= 0.6 is 0 Å². The standard InChI is InChI=1S/C26H24O12/c1-34-16-4-11(5-17(35-2)21(16)31)24-19(9-27)36-18-6-10(3-14(30)26(18)38-24)25-23(33)22(32)20-13(29)7-12(28)8-15(20)37-25/h3-8,19,23-25,27-31,33H,9H2,1-2H3. The van der Waals surface area contributed by atoms with Crippen molar-refractivity contribution >= 4 is 5.78 Å². The number of aliphatic hydroxyl groups excluding tert-OH is 2. The van der Waals surface area contributed by atoms with Gasteiger partial charge in [0.1, 0.15) is 22.8 Å². The number of fused-ring (bicyclic) bond motifs is 2. The summed E-state index contributed by atoms with van der Waals surface area (Å²) < 4.78 is 28.0. The monoisotopic (exact) mass is 528 g/mol. The Balaban J connectivity index is 1.52. The number of ether oxygens (including phenoxy) is 5. The van der Waals surface area contributed by atoms with Gasteiger partial charge >= 0.3 is 0 Å². The number of aliphatic hydroxyl groups is 2. The van der Waals surface area contributed by atoms with Crippen molar-refractivity contribution in [2.75, 3.05) is 20.8 Å². The van der Waals surface area contributed by atoms with Crippen molar-refractivity contribution in [3.05, 3.63) is 53.1 Å². The minimum Gasteiger partial charge on any atom is -0.508 e. The van der Waals surface area contributed by atoms with Crippen molar-refractivity contribution in [1.29, 1.82) is 0 Å². The molecule has 2 aliphatic rings. The lowest BCUT2D eigenvalue weighted by Gasteiger charge is -2.35. The lowest BCUT2D eigenvalue weighted by atomic mass is 9.92. The second kappa shape index (κ2) is 9.39. The maximum Gasteiger partial charge on any atom is 0.204 e. The van der Waals surface area contributed by atoms with Crippen LogP contribution in [0, 0.1) is 0 Å². The molecule has 0 amide bonds. The molecular formula is C26H24O12. The molecule has 4 atom stereocenters. The summed E-state index contributed by atoms with van der Waals surface area (Å²) in [4.78, 5) is 12.8. The molecule has 12 heteroatoms. The maximum absolute atomic E-state index is 12.8. The number of carbonyl (C=O) groups is 1. The molecule has 0 saturated carbocycles. The molecule has 0 aromatic heterocycles. The molecule has 2 heterocycles. The van der Waals surface area contributed by atoms with Gasteiger partial charge in [-0.05, 0) is 24.3 Å². The average molecular weight is 528 g/mol. The van der Waals surface area contributed by atoms with Gasteiger partial charge in [-0.15, -0.1) is 0 Å². The normalized spacial score (nSPS) is 21.8. The molecular weight excluding hydrogens is 504 g/mol. The van der Waals surface area contributed by atoms with E-state index in [9.17, 15) is 35.4 Å². The Morgan fingerprint density at radius 3 is 2.08 bits per heavy atom. The molecule has 0 bridgehead atoms. The number of hydrogen-bond acceptors (Lipinski definition) is 12. The van der Waals surface area contributed by atoms with E-state index in [1.165, 1.54) is 38.5 Å². The molecule has 2 aliphatic heterocycles. The maximum atomic E-state index is 12.8. The second-order valence-corrected chi connectivity index (χ2v) is 8.70. The quantitative estimate of drug-likeness (QED) is 0.284. The van der Waals surface area contributed by atoms with E-state index in [1.54, 1.807) is 0 Å². The van der Waals surface area contributed by atoms with E-state index in [2.05, 4.69) is 0 Å². The Labute approximate surface area is 215 Å². The van der Waals surface area contributed by atoms with Gasteiger partial charge in [-0.2, -0.15) is 0 Å². The zero-order chi connectivity index (χ0) is 27.3. The fourth-order valence-electron chi connectivity index (χ4n) is 4.56. The number of ketones is 1. The highest BCUT2D eigenvalue weighted by molar-refractivity contribution is 6.05. The fraction of sp³-hybridized carbons (Fsp3) is 0.269. The van der Waals surface area contributed by atoms with Crippen LogP contribution in [0.1, 0.15) is 33.7 Å². The Hall–Kier alpha value is -4.55. The molecule has 5 rings (SSSR count). The number of methoxy groups -OCH3 is 2. The van der Waals surface area contributed by atoms with Gasteiger partial charge in [-0.1, -0.05) is 0 Å². The first-order chi connectivity index (χ1) is 18.2. The van der Waals surface area contributed by atoms with Crippen LogP contribution in [0.2, 0.25) is 0 Å². The highest BCUT2D eigenvalue weighted by Crippen LogP contribution is 2.50. The van der Waals surface area contributed by atoms with Gasteiger partial charge in [0.2, 0.25) is 17.3 Å². The SMILES string of the molecule is COc1cc(C2Oc3c(O)cc(C4Oc5cc(O)cc(O)c5C(=O)C4O)cc3OC2CO)cc(OC)c1O. The predicted molar refractivity (Wildman–Crippen MR) is 128 cm³/mol. The van der Waals surface area contributed by atoms with Gasteiger partial charge in [0, 0.05) is 23.3 Å². The number of hydrogen-bond donors (Lipinski definition) is 6. The van der Waals surface area contributed by atoms with E-state index >= 15 is 0 Å². The van der Waals surface area contributed by atoms with Crippen LogP contribution in [0.3, 0.4) is 0 Å². The van der Waals surface area contributed by atoms with Crippen molar-refractivity contribution in [2.24, 2.45) is 0 Å². The first-order valence-electron chi connectivity index (χ1n) is 11.4. The Bertz CT molecular complexity index is 1390.